The number of fused-ring (bicyclic) bond motifs is 1. The molecule has 3 heteroatoms. The molecular formula is C13H19ClN2. The molecule has 16 heavy (non-hydrogen) atoms. The lowest BCUT2D eigenvalue weighted by Crippen LogP contribution is -2.26. The Labute approximate surface area is 103 Å². The van der Waals surface area contributed by atoms with E-state index < -0.39 is 0 Å². The first-order valence-electron chi connectivity index (χ1n) is 5.90. The van der Waals surface area contributed by atoms with E-state index in [0.717, 1.165) is 11.6 Å². The summed E-state index contributed by atoms with van der Waals surface area (Å²) in [4.78, 5) is 2.33. The Morgan fingerprint density at radius 3 is 2.94 bits per heavy atom. The van der Waals surface area contributed by atoms with Crippen molar-refractivity contribution >= 4 is 17.3 Å². The van der Waals surface area contributed by atoms with Crippen LogP contribution in [0, 0.1) is 0 Å². The highest BCUT2D eigenvalue weighted by molar-refractivity contribution is 6.30. The summed E-state index contributed by atoms with van der Waals surface area (Å²) in [6.45, 7) is 1.13. The van der Waals surface area contributed by atoms with E-state index in [1.807, 2.05) is 13.1 Å². The summed E-state index contributed by atoms with van der Waals surface area (Å²) in [5, 5.41) is 4.22. The normalized spacial score (nSPS) is 21.2. The first-order valence-corrected chi connectivity index (χ1v) is 6.28. The summed E-state index contributed by atoms with van der Waals surface area (Å²) in [5.41, 5.74) is 2.64. The minimum Gasteiger partial charge on any atom is -0.374 e. The highest BCUT2D eigenvalue weighted by atomic mass is 35.5. The zero-order valence-corrected chi connectivity index (χ0v) is 10.7. The summed E-state index contributed by atoms with van der Waals surface area (Å²) in [5.74, 6) is 0. The number of nitrogens with one attached hydrogen (secondary N) is 1. The molecule has 1 unspecified atom stereocenters. The molecule has 1 aromatic carbocycles. The maximum Gasteiger partial charge on any atom is 0.0413 e. The van der Waals surface area contributed by atoms with Crippen molar-refractivity contribution in [3.05, 3.63) is 28.8 Å². The number of anilines is 1. The SMILES string of the molecule is CNC1CCCCN(C)c2ccc(Cl)cc21. The molecule has 88 valence electrons. The maximum atomic E-state index is 6.09. The van der Waals surface area contributed by atoms with Crippen LogP contribution in [0.25, 0.3) is 0 Å². The Hall–Kier alpha value is -0.730. The molecule has 0 saturated heterocycles. The Kier molecular flexibility index (Phi) is 3.72. The molecule has 0 spiro atoms. The van der Waals surface area contributed by atoms with Crippen LogP contribution in [-0.4, -0.2) is 20.6 Å². The Morgan fingerprint density at radius 2 is 2.19 bits per heavy atom. The molecule has 1 atom stereocenters. The van der Waals surface area contributed by atoms with Gasteiger partial charge in [0.2, 0.25) is 0 Å². The van der Waals surface area contributed by atoms with E-state index in [9.17, 15) is 0 Å². The van der Waals surface area contributed by atoms with Gasteiger partial charge in [-0.1, -0.05) is 11.6 Å². The van der Waals surface area contributed by atoms with E-state index in [1.54, 1.807) is 0 Å². The molecule has 1 aromatic rings. The second-order valence-electron chi connectivity index (χ2n) is 4.46. The lowest BCUT2D eigenvalue weighted by Gasteiger charge is -2.29. The molecule has 0 saturated carbocycles. The summed E-state index contributed by atoms with van der Waals surface area (Å²) in [6, 6.07) is 6.63. The third-order valence-corrected chi connectivity index (χ3v) is 3.60. The van der Waals surface area contributed by atoms with E-state index in [1.165, 1.54) is 30.5 Å². The van der Waals surface area contributed by atoms with E-state index in [4.69, 9.17) is 11.6 Å². The third kappa shape index (κ3) is 2.33. The van der Waals surface area contributed by atoms with Gasteiger partial charge in [0, 0.05) is 30.3 Å². The van der Waals surface area contributed by atoms with Gasteiger partial charge in [0.25, 0.3) is 0 Å². The van der Waals surface area contributed by atoms with Crippen LogP contribution in [0.15, 0.2) is 18.2 Å². The predicted octanol–water partition coefficient (Wildman–Crippen LogP) is 3.22. The van der Waals surface area contributed by atoms with Crippen molar-refractivity contribution in [2.24, 2.45) is 0 Å². The first kappa shape index (κ1) is 11.7. The standard InChI is InChI=1S/C13H19ClN2/c1-15-12-5-3-4-8-16(2)13-7-6-10(14)9-11(12)13/h6-7,9,12,15H,3-5,8H2,1-2H3. The van der Waals surface area contributed by atoms with Crippen LogP contribution in [0.4, 0.5) is 5.69 Å². The summed E-state index contributed by atoms with van der Waals surface area (Å²) in [6.07, 6.45) is 3.72. The van der Waals surface area contributed by atoms with Gasteiger partial charge < -0.3 is 10.2 Å². The highest BCUT2D eigenvalue weighted by Gasteiger charge is 2.18. The first-order chi connectivity index (χ1) is 7.72. The molecular weight excluding hydrogens is 220 g/mol. The monoisotopic (exact) mass is 238 g/mol. The van der Waals surface area contributed by atoms with Crippen molar-refractivity contribution in [3.63, 3.8) is 0 Å². The molecule has 2 rings (SSSR count). The Morgan fingerprint density at radius 1 is 1.38 bits per heavy atom. The molecule has 1 aliphatic heterocycles. The van der Waals surface area contributed by atoms with Gasteiger partial charge in [-0.3, -0.25) is 0 Å². The van der Waals surface area contributed by atoms with Gasteiger partial charge >= 0.3 is 0 Å². The molecule has 1 N–H and O–H groups in total. The van der Waals surface area contributed by atoms with E-state index in [0.29, 0.717) is 6.04 Å². The summed E-state index contributed by atoms with van der Waals surface area (Å²) in [7, 11) is 4.18. The second kappa shape index (κ2) is 5.07. The van der Waals surface area contributed by atoms with Gasteiger partial charge in [0.05, 0.1) is 0 Å². The molecule has 1 aliphatic rings. The largest absolute Gasteiger partial charge is 0.374 e. The van der Waals surface area contributed by atoms with Crippen LogP contribution in [-0.2, 0) is 0 Å². The highest BCUT2D eigenvalue weighted by Crippen LogP contribution is 2.33. The topological polar surface area (TPSA) is 15.3 Å². The molecule has 1 heterocycles. The van der Waals surface area contributed by atoms with Crippen LogP contribution in [0.2, 0.25) is 5.02 Å². The van der Waals surface area contributed by atoms with Crippen molar-refractivity contribution < 1.29 is 0 Å². The van der Waals surface area contributed by atoms with Crippen LogP contribution in [0.5, 0.6) is 0 Å². The molecule has 2 nitrogen and oxygen atoms in total. The fraction of sp³-hybridized carbons (Fsp3) is 0.538. The minimum atomic E-state index is 0.427. The fourth-order valence-corrected chi connectivity index (χ4v) is 2.61. The van der Waals surface area contributed by atoms with Gasteiger partial charge in [-0.15, -0.1) is 0 Å². The molecule has 0 radical (unpaired) electrons. The Bertz CT molecular complexity index is 365. The zero-order chi connectivity index (χ0) is 11.5. The van der Waals surface area contributed by atoms with Crippen LogP contribution in [0.3, 0.4) is 0 Å². The van der Waals surface area contributed by atoms with Crippen LogP contribution < -0.4 is 10.2 Å². The van der Waals surface area contributed by atoms with Crippen molar-refractivity contribution in [1.82, 2.24) is 5.32 Å². The predicted molar refractivity (Wildman–Crippen MR) is 70.4 cm³/mol. The van der Waals surface area contributed by atoms with Gasteiger partial charge in [-0.2, -0.15) is 0 Å². The number of benzene rings is 1. The van der Waals surface area contributed by atoms with Crippen molar-refractivity contribution in [2.45, 2.75) is 25.3 Å². The molecule has 0 aliphatic carbocycles. The van der Waals surface area contributed by atoms with Gasteiger partial charge in [-0.05, 0) is 50.1 Å². The number of nitrogens with zero attached hydrogens (tertiary/aromatic N) is 1. The van der Waals surface area contributed by atoms with Crippen LogP contribution in [0.1, 0.15) is 30.9 Å². The van der Waals surface area contributed by atoms with Gasteiger partial charge in [0.1, 0.15) is 0 Å². The average molecular weight is 239 g/mol. The number of hydrogen-bond acceptors (Lipinski definition) is 2. The van der Waals surface area contributed by atoms with Crippen molar-refractivity contribution in [1.29, 1.82) is 0 Å². The smallest absolute Gasteiger partial charge is 0.0413 e. The second-order valence-corrected chi connectivity index (χ2v) is 4.90. The van der Waals surface area contributed by atoms with Crippen LogP contribution >= 0.6 is 11.6 Å². The van der Waals surface area contributed by atoms with Crippen molar-refractivity contribution in [2.75, 3.05) is 25.5 Å². The van der Waals surface area contributed by atoms with E-state index >= 15 is 0 Å². The number of hydrogen-bond donors (Lipinski definition) is 1. The fourth-order valence-electron chi connectivity index (χ4n) is 2.43. The molecule has 0 amide bonds. The van der Waals surface area contributed by atoms with Gasteiger partial charge in [0.15, 0.2) is 0 Å². The zero-order valence-electron chi connectivity index (χ0n) is 9.96. The summed E-state index contributed by atoms with van der Waals surface area (Å²) < 4.78 is 0. The summed E-state index contributed by atoms with van der Waals surface area (Å²) >= 11 is 6.09. The molecule has 0 aromatic heterocycles. The number of rotatable bonds is 1. The molecule has 0 fully saturated rings. The van der Waals surface area contributed by atoms with Crippen molar-refractivity contribution in [3.8, 4) is 0 Å². The maximum absolute atomic E-state index is 6.09. The minimum absolute atomic E-state index is 0.427. The lowest BCUT2D eigenvalue weighted by molar-refractivity contribution is 0.504. The quantitative estimate of drug-likeness (QED) is 0.808. The lowest BCUT2D eigenvalue weighted by atomic mass is 9.96. The average Bonchev–Trinajstić information content (AvgIpc) is 2.26. The van der Waals surface area contributed by atoms with E-state index in [2.05, 4.69) is 29.4 Å². The molecule has 0 bridgehead atoms. The number of halogens is 1. The van der Waals surface area contributed by atoms with E-state index in [-0.39, 0.29) is 0 Å². The third-order valence-electron chi connectivity index (χ3n) is 3.36. The Balaban J connectivity index is 2.43. The van der Waals surface area contributed by atoms with Gasteiger partial charge in [-0.25, -0.2) is 0 Å².